The molecule has 0 saturated heterocycles. The summed E-state index contributed by atoms with van der Waals surface area (Å²) in [5.41, 5.74) is 2.74. The monoisotopic (exact) mass is 552 g/mol. The molecule has 2 N–H and O–H groups in total. The molecule has 0 radical (unpaired) electrons. The van der Waals surface area contributed by atoms with E-state index in [1.54, 1.807) is 50.2 Å². The largest absolute Gasteiger partial charge is 0.538 e. The Balaban J connectivity index is 1.53. The zero-order valence-electron chi connectivity index (χ0n) is 20.8. The van der Waals surface area contributed by atoms with Crippen LogP contribution in [0.1, 0.15) is 38.1 Å². The second-order valence-electron chi connectivity index (χ2n) is 8.05. The fourth-order valence-corrected chi connectivity index (χ4v) is 5.35. The molecule has 38 heavy (non-hydrogen) atoms. The van der Waals surface area contributed by atoms with Crippen LogP contribution < -0.4 is 20.4 Å². The maximum atomic E-state index is 13.0. The highest BCUT2D eigenvalue weighted by Gasteiger charge is 2.28. The molecule has 12 heteroatoms. The summed E-state index contributed by atoms with van der Waals surface area (Å²) in [5.74, 6) is -2.41. The summed E-state index contributed by atoms with van der Waals surface area (Å²) in [4.78, 5) is 38.8. The number of aromatic nitrogens is 2. The number of thioether (sulfide) groups is 1. The lowest BCUT2D eigenvalue weighted by Crippen LogP contribution is -2.35. The van der Waals surface area contributed by atoms with Crippen LogP contribution in [-0.2, 0) is 9.53 Å². The van der Waals surface area contributed by atoms with Crippen LogP contribution in [0, 0.1) is 13.8 Å². The maximum Gasteiger partial charge on any atom is 0.341 e. The van der Waals surface area contributed by atoms with Crippen molar-refractivity contribution in [3.63, 3.8) is 0 Å². The Morgan fingerprint density at radius 3 is 2.47 bits per heavy atom. The van der Waals surface area contributed by atoms with Crippen molar-refractivity contribution in [2.75, 3.05) is 23.0 Å². The molecule has 0 atom stereocenters. The summed E-state index contributed by atoms with van der Waals surface area (Å²) >= 11 is 1.91. The average Bonchev–Trinajstić information content (AvgIpc) is 3.43. The Labute approximate surface area is 226 Å². The number of esters is 1. The summed E-state index contributed by atoms with van der Waals surface area (Å²) in [6.45, 7) is 5.35. The first-order valence-corrected chi connectivity index (χ1v) is 13.3. The van der Waals surface area contributed by atoms with Gasteiger partial charge in [-0.25, -0.2) is 4.79 Å². The van der Waals surface area contributed by atoms with Crippen molar-refractivity contribution in [1.29, 1.82) is 0 Å². The van der Waals surface area contributed by atoms with E-state index in [9.17, 15) is 19.5 Å². The van der Waals surface area contributed by atoms with Crippen molar-refractivity contribution in [3.05, 3.63) is 76.2 Å². The number of benzene rings is 2. The molecule has 4 rings (SSSR count). The van der Waals surface area contributed by atoms with E-state index in [4.69, 9.17) is 9.26 Å². The lowest BCUT2D eigenvalue weighted by atomic mass is 10.1. The summed E-state index contributed by atoms with van der Waals surface area (Å²) in [7, 11) is 0. The van der Waals surface area contributed by atoms with Crippen LogP contribution in [0.4, 0.5) is 10.7 Å². The third-order valence-electron chi connectivity index (χ3n) is 5.31. The summed E-state index contributed by atoms with van der Waals surface area (Å²) in [6.07, 6.45) is 0. The molecule has 0 aliphatic heterocycles. The standard InChI is InChI=1S/C26H24N4O6S2/c1-4-35-25(33)20-16(3)21(22(32)27-17-8-6-5-7-9-17)38-23(20)28-19(31)14-37-24-26(34)36-29-30(24)18-12-10-15(2)11-13-18/h5-13H,4,14H2,1-3H3,(H2-,27,28,29,31,32,33,34). The fourth-order valence-electron chi connectivity index (χ4n) is 3.48. The zero-order valence-corrected chi connectivity index (χ0v) is 22.4. The normalized spacial score (nSPS) is 10.7. The van der Waals surface area contributed by atoms with Crippen LogP contribution in [0.25, 0.3) is 5.69 Å². The van der Waals surface area contributed by atoms with Gasteiger partial charge < -0.3 is 25.0 Å². The van der Waals surface area contributed by atoms with Gasteiger partial charge in [0.15, 0.2) is 5.95 Å². The number of hydrogen-bond donors (Lipinski definition) is 2. The number of para-hydroxylation sites is 1. The van der Waals surface area contributed by atoms with Crippen molar-refractivity contribution < 1.29 is 33.4 Å². The van der Waals surface area contributed by atoms with Crippen molar-refractivity contribution in [2.45, 2.75) is 25.8 Å². The molecule has 2 aromatic carbocycles. The number of aryl methyl sites for hydroxylation is 1. The fraction of sp³-hybridized carbons (Fsp3) is 0.192. The molecular formula is C26H24N4O6S2. The van der Waals surface area contributed by atoms with Gasteiger partial charge in [-0.3, -0.25) is 9.59 Å². The predicted molar refractivity (Wildman–Crippen MR) is 141 cm³/mol. The molecule has 0 aliphatic carbocycles. The molecule has 196 valence electrons. The highest BCUT2D eigenvalue weighted by Crippen LogP contribution is 2.35. The lowest BCUT2D eigenvalue weighted by molar-refractivity contribution is -0.705. The molecule has 0 unspecified atom stereocenters. The van der Waals surface area contributed by atoms with Crippen LogP contribution in [0.3, 0.4) is 0 Å². The van der Waals surface area contributed by atoms with Gasteiger partial charge in [0, 0.05) is 17.8 Å². The number of nitrogens with one attached hydrogen (secondary N) is 2. The molecule has 0 spiro atoms. The first kappa shape index (κ1) is 26.9. The molecule has 2 amide bonds. The number of amides is 2. The van der Waals surface area contributed by atoms with E-state index in [0.717, 1.165) is 28.7 Å². The molecule has 0 saturated carbocycles. The van der Waals surface area contributed by atoms with E-state index in [0.29, 0.717) is 16.9 Å². The van der Waals surface area contributed by atoms with Crippen molar-refractivity contribution in [1.82, 2.24) is 5.27 Å². The third kappa shape index (κ3) is 6.03. The van der Waals surface area contributed by atoms with Crippen molar-refractivity contribution in [2.24, 2.45) is 0 Å². The number of hydrogen-bond acceptors (Lipinski definition) is 9. The van der Waals surface area contributed by atoms with Crippen LogP contribution in [0.2, 0.25) is 0 Å². The van der Waals surface area contributed by atoms with E-state index in [1.165, 1.54) is 4.68 Å². The molecule has 10 nitrogen and oxygen atoms in total. The lowest BCUT2D eigenvalue weighted by Gasteiger charge is -2.07. The SMILES string of the molecule is CCOC(=O)c1c(NC(=O)CSc2c([O-])on[n+]2-c2ccc(C)cc2)sc(C(=O)Nc2ccccc2)c1C. The van der Waals surface area contributed by atoms with Crippen LogP contribution >= 0.6 is 23.1 Å². The van der Waals surface area contributed by atoms with Crippen LogP contribution in [0.15, 0.2) is 64.1 Å². The maximum absolute atomic E-state index is 13.0. The molecule has 0 bridgehead atoms. The number of anilines is 2. The van der Waals surface area contributed by atoms with Gasteiger partial charge in [-0.1, -0.05) is 35.9 Å². The first-order chi connectivity index (χ1) is 18.3. The number of carbonyl (C=O) groups excluding carboxylic acids is 3. The Morgan fingerprint density at radius 1 is 1.08 bits per heavy atom. The predicted octanol–water partition coefficient (Wildman–Crippen LogP) is 3.86. The Hall–Kier alpha value is -4.16. The number of thiophene rings is 1. The van der Waals surface area contributed by atoms with Gasteiger partial charge in [-0.15, -0.1) is 11.3 Å². The second kappa shape index (κ2) is 11.9. The van der Waals surface area contributed by atoms with Gasteiger partial charge in [0.25, 0.3) is 10.9 Å². The Morgan fingerprint density at radius 2 is 1.79 bits per heavy atom. The van der Waals surface area contributed by atoms with Crippen LogP contribution in [0.5, 0.6) is 5.95 Å². The Kier molecular flexibility index (Phi) is 8.44. The van der Waals surface area contributed by atoms with E-state index in [-0.39, 0.29) is 32.8 Å². The average molecular weight is 553 g/mol. The summed E-state index contributed by atoms with van der Waals surface area (Å²) in [5, 5.41) is 21.8. The molecule has 2 heterocycles. The van der Waals surface area contributed by atoms with Gasteiger partial charge in [-0.2, -0.15) is 0 Å². The summed E-state index contributed by atoms with van der Waals surface area (Å²) < 4.78 is 11.3. The number of nitrogens with zero attached hydrogens (tertiary/aromatic N) is 2. The minimum atomic E-state index is -0.678. The molecule has 4 aromatic rings. The number of rotatable bonds is 9. The van der Waals surface area contributed by atoms with Gasteiger partial charge in [0.05, 0.1) is 28.1 Å². The minimum Gasteiger partial charge on any atom is -0.538 e. The van der Waals surface area contributed by atoms with E-state index in [1.807, 2.05) is 25.1 Å². The van der Waals surface area contributed by atoms with E-state index in [2.05, 4.69) is 15.9 Å². The smallest absolute Gasteiger partial charge is 0.341 e. The third-order valence-corrected chi connectivity index (χ3v) is 7.53. The van der Waals surface area contributed by atoms with Gasteiger partial charge in [0.1, 0.15) is 5.00 Å². The first-order valence-electron chi connectivity index (χ1n) is 11.5. The van der Waals surface area contributed by atoms with Crippen molar-refractivity contribution >= 4 is 51.6 Å². The highest BCUT2D eigenvalue weighted by molar-refractivity contribution is 7.99. The Bertz CT molecular complexity index is 1470. The topological polar surface area (TPSA) is 137 Å². The molecule has 0 aliphatic rings. The number of ether oxygens (including phenoxy) is 1. The molecule has 0 fully saturated rings. The second-order valence-corrected chi connectivity index (χ2v) is 10.0. The summed E-state index contributed by atoms with van der Waals surface area (Å²) in [6, 6.07) is 16.2. The van der Waals surface area contributed by atoms with Gasteiger partial charge >= 0.3 is 5.97 Å². The van der Waals surface area contributed by atoms with Crippen molar-refractivity contribution in [3.8, 4) is 11.6 Å². The quantitative estimate of drug-likeness (QED) is 0.181. The minimum absolute atomic E-state index is 0.109. The van der Waals surface area contributed by atoms with Crippen LogP contribution in [-0.4, -0.2) is 35.4 Å². The molecule has 2 aromatic heterocycles. The highest BCUT2D eigenvalue weighted by atomic mass is 32.2. The van der Waals surface area contributed by atoms with Gasteiger partial charge in [0.2, 0.25) is 11.6 Å². The van der Waals surface area contributed by atoms with Gasteiger partial charge in [-0.05, 0) is 54.9 Å². The number of carbonyl (C=O) groups is 3. The van der Waals surface area contributed by atoms with E-state index >= 15 is 0 Å². The zero-order chi connectivity index (χ0) is 27.2. The molecular weight excluding hydrogens is 528 g/mol. The van der Waals surface area contributed by atoms with E-state index < -0.39 is 23.7 Å².